The van der Waals surface area contributed by atoms with Gasteiger partial charge < -0.3 is 15.0 Å². The number of aryl methyl sites for hydroxylation is 2. The van der Waals surface area contributed by atoms with Crippen molar-refractivity contribution < 1.29 is 14.7 Å². The molecule has 7 heteroatoms. The van der Waals surface area contributed by atoms with Gasteiger partial charge in [-0.05, 0) is 67.3 Å². The average Bonchev–Trinajstić information content (AvgIpc) is 3.22. The maximum Gasteiger partial charge on any atom is 0.412 e. The van der Waals surface area contributed by atoms with Gasteiger partial charge in [-0.15, -0.1) is 0 Å². The lowest BCUT2D eigenvalue weighted by Crippen LogP contribution is -2.53. The normalized spacial score (nSPS) is 15.4. The molecule has 6 nitrogen and oxygen atoms in total. The Balaban J connectivity index is 1.72. The molecule has 1 aromatic heterocycles. The van der Waals surface area contributed by atoms with Gasteiger partial charge in [0.1, 0.15) is 5.69 Å². The van der Waals surface area contributed by atoms with Crippen molar-refractivity contribution in [3.8, 4) is 11.1 Å². The Hall–Kier alpha value is -3.77. The molecule has 178 valence electrons. The molecule has 4 aromatic rings. The molecule has 1 aliphatic heterocycles. The Labute approximate surface area is 208 Å². The molecule has 0 aliphatic carbocycles. The van der Waals surface area contributed by atoms with Crippen LogP contribution < -0.4 is 9.80 Å². The standard InChI is InChI=1S/C28H26ClN3O3/c1-4-20-15-31(23-12-16(2)17(3)13-24(23)32(20)28(34)35)27(33)26-25(18-8-6-5-7-9-18)21-14-19(29)10-11-22(21)30-26/h5-14,20,30H,4,15H2,1-3H3,(H,34,35). The summed E-state index contributed by atoms with van der Waals surface area (Å²) in [6.07, 6.45) is -0.435. The number of anilines is 2. The Morgan fingerprint density at radius 2 is 1.71 bits per heavy atom. The Morgan fingerprint density at radius 3 is 2.37 bits per heavy atom. The number of nitrogens with one attached hydrogen (secondary N) is 1. The van der Waals surface area contributed by atoms with Gasteiger partial charge in [0.2, 0.25) is 0 Å². The fraction of sp³-hybridized carbons (Fsp3) is 0.214. The molecule has 2 N–H and O–H groups in total. The summed E-state index contributed by atoms with van der Waals surface area (Å²) < 4.78 is 0. The Bertz CT molecular complexity index is 1460. The third-order valence-corrected chi connectivity index (χ3v) is 7.09. The highest BCUT2D eigenvalue weighted by Crippen LogP contribution is 2.41. The van der Waals surface area contributed by atoms with Crippen LogP contribution in [0.2, 0.25) is 5.02 Å². The third kappa shape index (κ3) is 3.84. The van der Waals surface area contributed by atoms with E-state index in [1.54, 1.807) is 11.0 Å². The summed E-state index contributed by atoms with van der Waals surface area (Å²) in [5, 5.41) is 11.5. The van der Waals surface area contributed by atoms with E-state index in [2.05, 4.69) is 4.98 Å². The number of aromatic nitrogens is 1. The van der Waals surface area contributed by atoms with Gasteiger partial charge in [-0.1, -0.05) is 48.9 Å². The summed E-state index contributed by atoms with van der Waals surface area (Å²) in [5.41, 5.74) is 6.06. The minimum absolute atomic E-state index is 0.204. The molecule has 35 heavy (non-hydrogen) atoms. The highest BCUT2D eigenvalue weighted by Gasteiger charge is 2.38. The largest absolute Gasteiger partial charge is 0.465 e. The summed E-state index contributed by atoms with van der Waals surface area (Å²) in [7, 11) is 0. The van der Waals surface area contributed by atoms with Crippen LogP contribution in [-0.4, -0.2) is 34.7 Å². The molecule has 1 atom stereocenters. The SMILES string of the molecule is CCC1CN(C(=O)c2[nH]c3ccc(Cl)cc3c2-c2ccccc2)c2cc(C)c(C)cc2N1C(=O)O. The molecule has 1 unspecified atom stereocenters. The fourth-order valence-electron chi connectivity index (χ4n) is 4.91. The molecule has 0 spiro atoms. The molecule has 2 heterocycles. The minimum Gasteiger partial charge on any atom is -0.465 e. The zero-order valence-corrected chi connectivity index (χ0v) is 20.6. The summed E-state index contributed by atoms with van der Waals surface area (Å²) >= 11 is 6.33. The number of halogens is 1. The number of nitrogens with zero attached hydrogens (tertiary/aromatic N) is 2. The van der Waals surface area contributed by atoms with Crippen molar-refractivity contribution in [3.05, 3.63) is 82.5 Å². The molecular weight excluding hydrogens is 462 g/mol. The van der Waals surface area contributed by atoms with Crippen molar-refractivity contribution in [1.82, 2.24) is 4.98 Å². The second-order valence-corrected chi connectivity index (χ2v) is 9.42. The summed E-state index contributed by atoms with van der Waals surface area (Å²) in [4.78, 5) is 32.9. The van der Waals surface area contributed by atoms with Crippen molar-refractivity contribution in [1.29, 1.82) is 0 Å². The molecule has 2 amide bonds. The molecule has 0 fully saturated rings. The zero-order valence-electron chi connectivity index (χ0n) is 19.8. The highest BCUT2D eigenvalue weighted by atomic mass is 35.5. The number of H-pyrrole nitrogens is 1. The van der Waals surface area contributed by atoms with E-state index in [0.29, 0.717) is 28.5 Å². The first kappa shape index (κ1) is 23.0. The molecule has 5 rings (SSSR count). The molecule has 1 aliphatic rings. The van der Waals surface area contributed by atoms with E-state index in [-0.39, 0.29) is 18.5 Å². The smallest absolute Gasteiger partial charge is 0.412 e. The monoisotopic (exact) mass is 487 g/mol. The number of benzene rings is 3. The fourth-order valence-corrected chi connectivity index (χ4v) is 5.08. The number of aromatic amines is 1. The van der Waals surface area contributed by atoms with Gasteiger partial charge >= 0.3 is 6.09 Å². The lowest BCUT2D eigenvalue weighted by Gasteiger charge is -2.41. The molecule has 0 radical (unpaired) electrons. The van der Waals surface area contributed by atoms with E-state index in [1.165, 1.54) is 4.90 Å². The van der Waals surface area contributed by atoms with Crippen molar-refractivity contribution in [2.45, 2.75) is 33.2 Å². The van der Waals surface area contributed by atoms with Gasteiger partial charge in [-0.3, -0.25) is 9.69 Å². The molecule has 3 aromatic carbocycles. The predicted molar refractivity (Wildman–Crippen MR) is 141 cm³/mol. The van der Waals surface area contributed by atoms with Crippen LogP contribution in [0.1, 0.15) is 35.0 Å². The van der Waals surface area contributed by atoms with Gasteiger partial charge in [0.15, 0.2) is 0 Å². The summed E-state index contributed by atoms with van der Waals surface area (Å²) in [6, 6.07) is 18.7. The van der Waals surface area contributed by atoms with E-state index in [0.717, 1.165) is 33.2 Å². The van der Waals surface area contributed by atoms with E-state index < -0.39 is 6.09 Å². The summed E-state index contributed by atoms with van der Waals surface area (Å²) in [6.45, 7) is 6.12. The van der Waals surface area contributed by atoms with E-state index >= 15 is 0 Å². The van der Waals surface area contributed by atoms with Crippen LogP contribution in [0.4, 0.5) is 16.2 Å². The number of carboxylic acid groups (broad SMARTS) is 1. The van der Waals surface area contributed by atoms with Crippen molar-refractivity contribution in [2.75, 3.05) is 16.3 Å². The van der Waals surface area contributed by atoms with Gasteiger partial charge in [-0.2, -0.15) is 0 Å². The van der Waals surface area contributed by atoms with Crippen LogP contribution in [0.25, 0.3) is 22.0 Å². The maximum atomic E-state index is 14.2. The second-order valence-electron chi connectivity index (χ2n) is 8.99. The lowest BCUT2D eigenvalue weighted by atomic mass is 9.98. The first-order valence-electron chi connectivity index (χ1n) is 11.6. The first-order chi connectivity index (χ1) is 16.8. The molecule has 0 bridgehead atoms. The van der Waals surface area contributed by atoms with Crippen molar-refractivity contribution in [2.24, 2.45) is 0 Å². The van der Waals surface area contributed by atoms with Crippen LogP contribution >= 0.6 is 11.6 Å². The number of amides is 2. The second kappa shape index (κ2) is 8.78. The first-order valence-corrected chi connectivity index (χ1v) is 12.0. The predicted octanol–water partition coefficient (Wildman–Crippen LogP) is 7.03. The number of hydrogen-bond donors (Lipinski definition) is 2. The minimum atomic E-state index is -1.02. The van der Waals surface area contributed by atoms with Crippen LogP contribution in [0.5, 0.6) is 0 Å². The lowest BCUT2D eigenvalue weighted by molar-refractivity contribution is 0.0979. The molecule has 0 saturated heterocycles. The van der Waals surface area contributed by atoms with Crippen molar-refractivity contribution >= 4 is 45.9 Å². The number of rotatable bonds is 3. The number of carbonyl (C=O) groups excluding carboxylic acids is 1. The summed E-state index contributed by atoms with van der Waals surface area (Å²) in [5.74, 6) is -0.204. The van der Waals surface area contributed by atoms with E-state index in [1.807, 2.05) is 75.4 Å². The molecule has 0 saturated carbocycles. The van der Waals surface area contributed by atoms with E-state index in [9.17, 15) is 14.7 Å². The Kier molecular flexibility index (Phi) is 5.77. The van der Waals surface area contributed by atoms with Gasteiger partial charge in [0.05, 0.1) is 17.4 Å². The van der Waals surface area contributed by atoms with E-state index in [4.69, 9.17) is 11.6 Å². The number of fused-ring (bicyclic) bond motifs is 2. The van der Waals surface area contributed by atoms with Crippen LogP contribution in [0.3, 0.4) is 0 Å². The topological polar surface area (TPSA) is 76.6 Å². The highest BCUT2D eigenvalue weighted by molar-refractivity contribution is 6.31. The molecular formula is C28H26ClN3O3. The number of hydrogen-bond acceptors (Lipinski definition) is 2. The average molecular weight is 488 g/mol. The van der Waals surface area contributed by atoms with Crippen LogP contribution in [-0.2, 0) is 0 Å². The van der Waals surface area contributed by atoms with Crippen molar-refractivity contribution in [3.63, 3.8) is 0 Å². The quantitative estimate of drug-likeness (QED) is 0.325. The Morgan fingerprint density at radius 1 is 1.03 bits per heavy atom. The van der Waals surface area contributed by atoms with Crippen LogP contribution in [0, 0.1) is 13.8 Å². The maximum absolute atomic E-state index is 14.2. The van der Waals surface area contributed by atoms with Gasteiger partial charge in [0.25, 0.3) is 5.91 Å². The third-order valence-electron chi connectivity index (χ3n) is 6.86. The van der Waals surface area contributed by atoms with Gasteiger partial charge in [0, 0.05) is 28.0 Å². The number of carbonyl (C=O) groups is 2. The van der Waals surface area contributed by atoms with Gasteiger partial charge in [-0.25, -0.2) is 4.79 Å². The van der Waals surface area contributed by atoms with Crippen LogP contribution in [0.15, 0.2) is 60.7 Å². The zero-order chi connectivity index (χ0) is 24.9.